The van der Waals surface area contributed by atoms with Gasteiger partial charge in [-0.15, -0.1) is 0 Å². The Balaban J connectivity index is 1.13. The molecule has 31 heavy (non-hydrogen) atoms. The van der Waals surface area contributed by atoms with E-state index in [1.807, 2.05) is 24.3 Å². The van der Waals surface area contributed by atoms with Crippen LogP contribution in [0.2, 0.25) is 0 Å². The zero-order valence-electron chi connectivity index (χ0n) is 18.3. The summed E-state index contributed by atoms with van der Waals surface area (Å²) in [6.45, 7) is 2.32. The summed E-state index contributed by atoms with van der Waals surface area (Å²) in [5.41, 5.74) is 1.55. The second kappa shape index (κ2) is 9.43. The van der Waals surface area contributed by atoms with E-state index in [-0.39, 0.29) is 5.91 Å². The lowest BCUT2D eigenvalue weighted by atomic mass is 10.0. The number of carbonyl (C=O) groups excluding carboxylic acids is 1. The number of rotatable bonds is 6. The second-order valence-electron chi connectivity index (χ2n) is 9.41. The van der Waals surface area contributed by atoms with Crippen LogP contribution in [0.15, 0.2) is 36.7 Å². The molecule has 3 aliphatic rings. The van der Waals surface area contributed by atoms with Crippen molar-refractivity contribution in [3.8, 4) is 11.4 Å². The van der Waals surface area contributed by atoms with Crippen molar-refractivity contribution >= 4 is 5.91 Å². The van der Waals surface area contributed by atoms with Crippen molar-refractivity contribution in [2.45, 2.75) is 82.4 Å². The lowest BCUT2D eigenvalue weighted by Gasteiger charge is -2.36. The predicted molar refractivity (Wildman–Crippen MR) is 121 cm³/mol. The molecule has 2 heterocycles. The number of hydrogen-bond donors (Lipinski definition) is 1. The third kappa shape index (κ3) is 4.95. The van der Waals surface area contributed by atoms with E-state index in [9.17, 15) is 4.79 Å². The lowest BCUT2D eigenvalue weighted by molar-refractivity contribution is 0.0768. The molecule has 166 valence electrons. The summed E-state index contributed by atoms with van der Waals surface area (Å²) in [6, 6.07) is 9.18. The SMILES string of the molecule is O=C(NC1CCCC1)c1cnn(-c2ccc(OC3CCN(C4CCCC4)CC3)cc2)c1. The van der Waals surface area contributed by atoms with Gasteiger partial charge in [0.25, 0.3) is 5.91 Å². The van der Waals surface area contributed by atoms with Crippen LogP contribution in [-0.2, 0) is 0 Å². The molecule has 0 bridgehead atoms. The van der Waals surface area contributed by atoms with Crippen LogP contribution >= 0.6 is 0 Å². The molecule has 0 radical (unpaired) electrons. The average Bonchev–Trinajstić information content (AvgIpc) is 3.57. The summed E-state index contributed by atoms with van der Waals surface area (Å²) >= 11 is 0. The zero-order chi connectivity index (χ0) is 21.0. The minimum absolute atomic E-state index is 0.0259. The summed E-state index contributed by atoms with van der Waals surface area (Å²) < 4.78 is 8.01. The van der Waals surface area contributed by atoms with Crippen LogP contribution in [0.25, 0.3) is 5.69 Å². The number of ether oxygens (including phenoxy) is 1. The number of piperidine rings is 1. The van der Waals surface area contributed by atoms with Gasteiger partial charge in [0.05, 0.1) is 17.4 Å². The van der Waals surface area contributed by atoms with Gasteiger partial charge in [0.1, 0.15) is 11.9 Å². The minimum atomic E-state index is -0.0259. The molecule has 1 aromatic carbocycles. The number of benzene rings is 1. The number of carbonyl (C=O) groups is 1. The lowest BCUT2D eigenvalue weighted by Crippen LogP contribution is -2.43. The van der Waals surface area contributed by atoms with Crippen molar-refractivity contribution in [2.75, 3.05) is 13.1 Å². The highest BCUT2D eigenvalue weighted by atomic mass is 16.5. The Morgan fingerprint density at radius 1 is 0.935 bits per heavy atom. The molecule has 6 heteroatoms. The van der Waals surface area contributed by atoms with E-state index >= 15 is 0 Å². The summed E-state index contributed by atoms with van der Waals surface area (Å²) in [5, 5.41) is 7.50. The van der Waals surface area contributed by atoms with E-state index in [0.717, 1.165) is 56.3 Å². The molecule has 1 aliphatic heterocycles. The van der Waals surface area contributed by atoms with Gasteiger partial charge in [-0.2, -0.15) is 5.10 Å². The van der Waals surface area contributed by atoms with Crippen molar-refractivity contribution in [3.63, 3.8) is 0 Å². The number of nitrogens with one attached hydrogen (secondary N) is 1. The number of hydrogen-bond acceptors (Lipinski definition) is 4. The van der Waals surface area contributed by atoms with E-state index < -0.39 is 0 Å². The molecule has 1 amide bonds. The molecule has 2 aromatic rings. The van der Waals surface area contributed by atoms with Crippen LogP contribution in [0.4, 0.5) is 0 Å². The third-order valence-electron chi connectivity index (χ3n) is 7.26. The van der Waals surface area contributed by atoms with Gasteiger partial charge in [-0.1, -0.05) is 25.7 Å². The molecule has 2 saturated carbocycles. The van der Waals surface area contributed by atoms with Gasteiger partial charge in [0, 0.05) is 31.4 Å². The van der Waals surface area contributed by atoms with Crippen LogP contribution in [-0.4, -0.2) is 51.9 Å². The van der Waals surface area contributed by atoms with E-state index in [1.54, 1.807) is 17.1 Å². The Morgan fingerprint density at radius 3 is 2.32 bits per heavy atom. The molecule has 1 saturated heterocycles. The molecule has 6 nitrogen and oxygen atoms in total. The van der Waals surface area contributed by atoms with Crippen molar-refractivity contribution in [1.82, 2.24) is 20.0 Å². The Labute approximate surface area is 185 Å². The fraction of sp³-hybridized carbons (Fsp3) is 0.600. The maximum atomic E-state index is 12.4. The fourth-order valence-corrected chi connectivity index (χ4v) is 5.42. The van der Waals surface area contributed by atoms with Gasteiger partial charge in [-0.05, 0) is 62.8 Å². The normalized spacial score (nSPS) is 21.5. The Bertz CT molecular complexity index is 858. The summed E-state index contributed by atoms with van der Waals surface area (Å²) in [4.78, 5) is 15.1. The Morgan fingerprint density at radius 2 is 1.61 bits per heavy atom. The first-order valence-corrected chi connectivity index (χ1v) is 12.1. The van der Waals surface area contributed by atoms with Crippen LogP contribution in [0, 0.1) is 0 Å². The van der Waals surface area contributed by atoms with Crippen LogP contribution < -0.4 is 10.1 Å². The molecule has 1 aromatic heterocycles. The number of nitrogens with zero attached hydrogens (tertiary/aromatic N) is 3. The van der Waals surface area contributed by atoms with Gasteiger partial charge in [0.2, 0.25) is 0 Å². The second-order valence-corrected chi connectivity index (χ2v) is 9.41. The fourth-order valence-electron chi connectivity index (χ4n) is 5.42. The topological polar surface area (TPSA) is 59.4 Å². The molecule has 2 aliphatic carbocycles. The highest BCUT2D eigenvalue weighted by molar-refractivity contribution is 5.94. The van der Waals surface area contributed by atoms with Crippen molar-refractivity contribution in [1.29, 1.82) is 0 Å². The van der Waals surface area contributed by atoms with Crippen molar-refractivity contribution in [2.24, 2.45) is 0 Å². The Kier molecular flexibility index (Phi) is 6.25. The van der Waals surface area contributed by atoms with Crippen LogP contribution in [0.5, 0.6) is 5.75 Å². The van der Waals surface area contributed by atoms with E-state index in [4.69, 9.17) is 4.74 Å². The molecule has 0 spiro atoms. The molecule has 3 fully saturated rings. The summed E-state index contributed by atoms with van der Waals surface area (Å²) in [5.74, 6) is 0.886. The molecule has 5 rings (SSSR count). The van der Waals surface area contributed by atoms with E-state index in [0.29, 0.717) is 17.7 Å². The zero-order valence-corrected chi connectivity index (χ0v) is 18.3. The van der Waals surface area contributed by atoms with Gasteiger partial charge in [-0.3, -0.25) is 4.79 Å². The van der Waals surface area contributed by atoms with Gasteiger partial charge in [0.15, 0.2) is 0 Å². The minimum Gasteiger partial charge on any atom is -0.490 e. The average molecular weight is 423 g/mol. The Hall–Kier alpha value is -2.34. The van der Waals surface area contributed by atoms with Gasteiger partial charge >= 0.3 is 0 Å². The number of aromatic nitrogens is 2. The standard InChI is InChI=1S/C25H34N4O2/c30-25(27-20-5-1-2-6-20)19-17-26-29(18-19)22-9-11-23(12-10-22)31-24-13-15-28(16-14-24)21-7-3-4-8-21/h9-12,17-18,20-21,24H,1-8,13-16H2,(H,27,30). The highest BCUT2D eigenvalue weighted by Gasteiger charge is 2.27. The summed E-state index contributed by atoms with van der Waals surface area (Å²) in [7, 11) is 0. The van der Waals surface area contributed by atoms with E-state index in [2.05, 4.69) is 15.3 Å². The maximum absolute atomic E-state index is 12.4. The molecule has 0 atom stereocenters. The highest BCUT2D eigenvalue weighted by Crippen LogP contribution is 2.28. The first-order chi connectivity index (χ1) is 15.2. The smallest absolute Gasteiger partial charge is 0.254 e. The monoisotopic (exact) mass is 422 g/mol. The van der Waals surface area contributed by atoms with E-state index in [1.165, 1.54) is 38.5 Å². The molecular formula is C25H34N4O2. The largest absolute Gasteiger partial charge is 0.490 e. The van der Waals surface area contributed by atoms with Crippen LogP contribution in [0.3, 0.4) is 0 Å². The molecule has 1 N–H and O–H groups in total. The molecular weight excluding hydrogens is 388 g/mol. The maximum Gasteiger partial charge on any atom is 0.254 e. The quantitative estimate of drug-likeness (QED) is 0.753. The predicted octanol–water partition coefficient (Wildman–Crippen LogP) is 4.33. The molecule has 0 unspecified atom stereocenters. The first-order valence-electron chi connectivity index (χ1n) is 12.1. The van der Waals surface area contributed by atoms with Crippen molar-refractivity contribution in [3.05, 3.63) is 42.2 Å². The number of amides is 1. The van der Waals surface area contributed by atoms with Crippen LogP contribution in [0.1, 0.15) is 74.6 Å². The third-order valence-corrected chi connectivity index (χ3v) is 7.26. The van der Waals surface area contributed by atoms with Gasteiger partial charge in [-0.25, -0.2) is 4.68 Å². The van der Waals surface area contributed by atoms with Gasteiger partial charge < -0.3 is 15.0 Å². The number of likely N-dealkylation sites (tertiary alicyclic amines) is 1. The summed E-state index contributed by atoms with van der Waals surface area (Å²) in [6.07, 6.45) is 16.1. The van der Waals surface area contributed by atoms with Crippen molar-refractivity contribution < 1.29 is 9.53 Å². The first kappa shape index (κ1) is 20.6.